The van der Waals surface area contributed by atoms with Crippen LogP contribution in [-0.2, 0) is 0 Å². The number of H-pyrrole nitrogens is 2. The number of nitrogens with one attached hydrogen (secondary N) is 2. The van der Waals surface area contributed by atoms with E-state index in [1.54, 1.807) is 0 Å². The topological polar surface area (TPSA) is 67.1 Å². The zero-order valence-electron chi connectivity index (χ0n) is 8.87. The molecule has 0 aliphatic carbocycles. The predicted molar refractivity (Wildman–Crippen MR) is 59.1 cm³/mol. The Kier molecular flexibility index (Phi) is 1.92. The standard InChI is InChI=1S/C11H12N2O3/c1-2-6-5-15-8-4-3-7-9(10(8)16-6)13-11(14)12-7/h3-4,6H,2,5H2,1H3,(H2,12,13,14). The minimum absolute atomic E-state index is 0.0523. The zero-order chi connectivity index (χ0) is 11.1. The zero-order valence-corrected chi connectivity index (χ0v) is 8.87. The van der Waals surface area contributed by atoms with Gasteiger partial charge in [0.05, 0.1) is 5.52 Å². The van der Waals surface area contributed by atoms with E-state index in [2.05, 4.69) is 9.97 Å². The molecule has 0 saturated carbocycles. The molecule has 84 valence electrons. The van der Waals surface area contributed by atoms with E-state index in [1.807, 2.05) is 19.1 Å². The molecule has 0 fully saturated rings. The highest BCUT2D eigenvalue weighted by Gasteiger charge is 2.22. The van der Waals surface area contributed by atoms with Gasteiger partial charge in [-0.25, -0.2) is 4.79 Å². The maximum atomic E-state index is 11.2. The lowest BCUT2D eigenvalue weighted by Gasteiger charge is -2.25. The van der Waals surface area contributed by atoms with Crippen LogP contribution in [0.3, 0.4) is 0 Å². The summed E-state index contributed by atoms with van der Waals surface area (Å²) in [6.45, 7) is 2.60. The maximum absolute atomic E-state index is 11.2. The van der Waals surface area contributed by atoms with E-state index < -0.39 is 0 Å². The fraction of sp³-hybridized carbons (Fsp3) is 0.364. The smallest absolute Gasteiger partial charge is 0.323 e. The lowest BCUT2D eigenvalue weighted by atomic mass is 10.2. The van der Waals surface area contributed by atoms with E-state index in [-0.39, 0.29) is 11.8 Å². The molecule has 1 aliphatic heterocycles. The normalized spacial score (nSPS) is 18.9. The van der Waals surface area contributed by atoms with Gasteiger partial charge in [-0.2, -0.15) is 0 Å². The number of hydrogen-bond acceptors (Lipinski definition) is 3. The molecule has 1 aromatic carbocycles. The van der Waals surface area contributed by atoms with Gasteiger partial charge in [0, 0.05) is 0 Å². The van der Waals surface area contributed by atoms with Crippen LogP contribution in [0.25, 0.3) is 11.0 Å². The third-order valence-electron chi connectivity index (χ3n) is 2.77. The van der Waals surface area contributed by atoms with Gasteiger partial charge < -0.3 is 19.4 Å². The molecule has 5 nitrogen and oxygen atoms in total. The van der Waals surface area contributed by atoms with Gasteiger partial charge in [-0.1, -0.05) is 6.92 Å². The molecule has 1 atom stereocenters. The molecule has 2 heterocycles. The van der Waals surface area contributed by atoms with Crippen molar-refractivity contribution in [2.75, 3.05) is 6.61 Å². The van der Waals surface area contributed by atoms with Gasteiger partial charge in [0.2, 0.25) is 0 Å². The summed E-state index contributed by atoms with van der Waals surface area (Å²) >= 11 is 0. The van der Waals surface area contributed by atoms with E-state index >= 15 is 0 Å². The summed E-state index contributed by atoms with van der Waals surface area (Å²) in [6.07, 6.45) is 0.932. The van der Waals surface area contributed by atoms with Gasteiger partial charge in [0.1, 0.15) is 18.2 Å². The molecular weight excluding hydrogens is 208 g/mol. The highest BCUT2D eigenvalue weighted by molar-refractivity contribution is 5.84. The van der Waals surface area contributed by atoms with Crippen LogP contribution < -0.4 is 15.2 Å². The third kappa shape index (κ3) is 1.28. The first-order chi connectivity index (χ1) is 7.78. The molecule has 1 aromatic heterocycles. The number of fused-ring (bicyclic) bond motifs is 3. The number of aromatic nitrogens is 2. The van der Waals surface area contributed by atoms with Gasteiger partial charge in [-0.05, 0) is 18.6 Å². The van der Waals surface area contributed by atoms with Crippen LogP contribution in [0.5, 0.6) is 11.5 Å². The maximum Gasteiger partial charge on any atom is 0.323 e. The van der Waals surface area contributed by atoms with Gasteiger partial charge in [0.25, 0.3) is 0 Å². The molecule has 0 amide bonds. The summed E-state index contributed by atoms with van der Waals surface area (Å²) in [7, 11) is 0. The number of benzene rings is 1. The average molecular weight is 220 g/mol. The summed E-state index contributed by atoms with van der Waals surface area (Å²) in [5.74, 6) is 1.32. The van der Waals surface area contributed by atoms with Gasteiger partial charge >= 0.3 is 5.69 Å². The Morgan fingerprint density at radius 1 is 1.44 bits per heavy atom. The van der Waals surface area contributed by atoms with Crippen molar-refractivity contribution in [1.29, 1.82) is 0 Å². The highest BCUT2D eigenvalue weighted by Crippen LogP contribution is 2.37. The van der Waals surface area contributed by atoms with Crippen molar-refractivity contribution in [2.45, 2.75) is 19.4 Å². The lowest BCUT2D eigenvalue weighted by Crippen LogP contribution is -2.28. The molecular formula is C11H12N2O3. The van der Waals surface area contributed by atoms with E-state index in [1.165, 1.54) is 0 Å². The van der Waals surface area contributed by atoms with Crippen LogP contribution >= 0.6 is 0 Å². The SMILES string of the molecule is CCC1COc2ccc3[nH]c(=O)[nH]c3c2O1. The Labute approximate surface area is 91.4 Å². The first-order valence-electron chi connectivity index (χ1n) is 5.32. The Bertz CT molecular complexity index is 584. The highest BCUT2D eigenvalue weighted by atomic mass is 16.6. The largest absolute Gasteiger partial charge is 0.486 e. The summed E-state index contributed by atoms with van der Waals surface area (Å²) in [5.41, 5.74) is 1.19. The fourth-order valence-electron chi connectivity index (χ4n) is 1.87. The Balaban J connectivity index is 2.20. The van der Waals surface area contributed by atoms with Crippen molar-refractivity contribution >= 4 is 11.0 Å². The first kappa shape index (κ1) is 9.33. The molecule has 0 saturated heterocycles. The average Bonchev–Trinajstić information content (AvgIpc) is 2.69. The Hall–Kier alpha value is -1.91. The monoisotopic (exact) mass is 220 g/mol. The van der Waals surface area contributed by atoms with Gasteiger partial charge in [-0.3, -0.25) is 0 Å². The summed E-state index contributed by atoms with van der Waals surface area (Å²) in [4.78, 5) is 16.6. The van der Waals surface area contributed by atoms with Crippen molar-refractivity contribution in [3.8, 4) is 11.5 Å². The fourth-order valence-corrected chi connectivity index (χ4v) is 1.87. The van der Waals surface area contributed by atoms with Gasteiger partial charge in [0.15, 0.2) is 11.5 Å². The van der Waals surface area contributed by atoms with Gasteiger partial charge in [-0.15, -0.1) is 0 Å². The lowest BCUT2D eigenvalue weighted by molar-refractivity contribution is 0.0902. The molecule has 2 aromatic rings. The van der Waals surface area contributed by atoms with Crippen molar-refractivity contribution in [2.24, 2.45) is 0 Å². The van der Waals surface area contributed by atoms with E-state index in [0.29, 0.717) is 23.6 Å². The van der Waals surface area contributed by atoms with Crippen LogP contribution in [0, 0.1) is 0 Å². The van der Waals surface area contributed by atoms with Crippen molar-refractivity contribution in [3.63, 3.8) is 0 Å². The number of rotatable bonds is 1. The quantitative estimate of drug-likeness (QED) is 0.763. The number of ether oxygens (including phenoxy) is 2. The van der Waals surface area contributed by atoms with Crippen molar-refractivity contribution in [3.05, 3.63) is 22.6 Å². The van der Waals surface area contributed by atoms with Crippen LogP contribution in [-0.4, -0.2) is 22.7 Å². The number of imidazole rings is 1. The Morgan fingerprint density at radius 2 is 2.31 bits per heavy atom. The van der Waals surface area contributed by atoms with Crippen LogP contribution in [0.15, 0.2) is 16.9 Å². The second-order valence-corrected chi connectivity index (χ2v) is 3.85. The van der Waals surface area contributed by atoms with E-state index in [0.717, 1.165) is 11.9 Å². The van der Waals surface area contributed by atoms with Crippen LogP contribution in [0.4, 0.5) is 0 Å². The molecule has 0 bridgehead atoms. The Morgan fingerprint density at radius 3 is 3.12 bits per heavy atom. The van der Waals surface area contributed by atoms with Crippen LogP contribution in [0.2, 0.25) is 0 Å². The molecule has 1 unspecified atom stereocenters. The van der Waals surface area contributed by atoms with E-state index in [9.17, 15) is 4.79 Å². The van der Waals surface area contributed by atoms with Crippen molar-refractivity contribution < 1.29 is 9.47 Å². The first-order valence-corrected chi connectivity index (χ1v) is 5.32. The van der Waals surface area contributed by atoms with Crippen LogP contribution in [0.1, 0.15) is 13.3 Å². The predicted octanol–water partition coefficient (Wildman–Crippen LogP) is 1.41. The molecule has 0 spiro atoms. The minimum Gasteiger partial charge on any atom is -0.486 e. The second kappa shape index (κ2) is 3.30. The van der Waals surface area contributed by atoms with E-state index in [4.69, 9.17) is 9.47 Å². The number of hydrogen-bond donors (Lipinski definition) is 2. The summed E-state index contributed by atoms with van der Waals surface area (Å²) in [5, 5.41) is 0. The molecule has 3 rings (SSSR count). The summed E-state index contributed by atoms with van der Waals surface area (Å²) < 4.78 is 11.4. The molecule has 5 heteroatoms. The molecule has 2 N–H and O–H groups in total. The molecule has 1 aliphatic rings. The second-order valence-electron chi connectivity index (χ2n) is 3.85. The minimum atomic E-state index is -0.231. The van der Waals surface area contributed by atoms with Crippen molar-refractivity contribution in [1.82, 2.24) is 9.97 Å². The number of aromatic amines is 2. The molecule has 16 heavy (non-hydrogen) atoms. The molecule has 0 radical (unpaired) electrons. The third-order valence-corrected chi connectivity index (χ3v) is 2.77. The summed E-state index contributed by atoms with van der Waals surface area (Å²) in [6, 6.07) is 3.62.